The van der Waals surface area contributed by atoms with Crippen LogP contribution in [-0.4, -0.2) is 35.7 Å². The van der Waals surface area contributed by atoms with Crippen molar-refractivity contribution >= 4 is 11.9 Å². The first-order valence-electron chi connectivity index (χ1n) is 5.27. The summed E-state index contributed by atoms with van der Waals surface area (Å²) in [5.74, 6) is -0.673. The molecule has 1 aliphatic rings. The number of hydrogen-bond acceptors (Lipinski definition) is 4. The maximum atomic E-state index is 11.4. The molecule has 0 aromatic carbocycles. The van der Waals surface area contributed by atoms with E-state index in [0.717, 1.165) is 6.42 Å². The molecule has 1 amide bonds. The molecule has 5 heteroatoms. The minimum absolute atomic E-state index is 0.0532. The third kappa shape index (κ3) is 3.87. The van der Waals surface area contributed by atoms with E-state index in [1.54, 1.807) is 0 Å². The molecular formula is C10H17NO4. The summed E-state index contributed by atoms with van der Waals surface area (Å²) in [4.78, 5) is 22.4. The van der Waals surface area contributed by atoms with Crippen LogP contribution in [0.25, 0.3) is 0 Å². The highest BCUT2D eigenvalue weighted by atomic mass is 16.5. The monoisotopic (exact) mass is 215 g/mol. The minimum atomic E-state index is -0.618. The second kappa shape index (κ2) is 5.70. The van der Waals surface area contributed by atoms with Crippen LogP contribution in [0.4, 0.5) is 0 Å². The van der Waals surface area contributed by atoms with Gasteiger partial charge in [0.2, 0.25) is 5.91 Å². The van der Waals surface area contributed by atoms with Gasteiger partial charge < -0.3 is 15.2 Å². The predicted octanol–water partition coefficient (Wildman–Crippen LogP) is -0.0308. The molecule has 0 bridgehead atoms. The fourth-order valence-corrected chi connectivity index (χ4v) is 1.53. The second-order valence-corrected chi connectivity index (χ2v) is 3.72. The Labute approximate surface area is 88.8 Å². The van der Waals surface area contributed by atoms with Gasteiger partial charge in [0, 0.05) is 6.42 Å². The van der Waals surface area contributed by atoms with Crippen LogP contribution in [0.2, 0.25) is 0 Å². The van der Waals surface area contributed by atoms with Crippen molar-refractivity contribution < 1.29 is 19.4 Å². The Hall–Kier alpha value is -1.10. The average Bonchev–Trinajstić information content (AvgIpc) is 2.52. The van der Waals surface area contributed by atoms with Crippen LogP contribution in [0.5, 0.6) is 0 Å². The fourth-order valence-electron chi connectivity index (χ4n) is 1.53. The first-order chi connectivity index (χ1) is 7.13. The van der Waals surface area contributed by atoms with E-state index in [1.807, 2.05) is 6.92 Å². The van der Waals surface area contributed by atoms with Gasteiger partial charge in [-0.05, 0) is 6.42 Å². The van der Waals surface area contributed by atoms with Crippen molar-refractivity contribution in [2.24, 2.45) is 0 Å². The van der Waals surface area contributed by atoms with Crippen molar-refractivity contribution in [2.45, 2.75) is 44.8 Å². The zero-order valence-electron chi connectivity index (χ0n) is 8.86. The Kier molecular flexibility index (Phi) is 4.55. The highest BCUT2D eigenvalue weighted by molar-refractivity contribution is 5.85. The number of nitrogens with one attached hydrogen (secondary N) is 1. The number of ether oxygens (including phenoxy) is 1. The van der Waals surface area contributed by atoms with E-state index in [4.69, 9.17) is 4.74 Å². The Morgan fingerprint density at radius 2 is 2.47 bits per heavy atom. The van der Waals surface area contributed by atoms with Crippen LogP contribution in [0.3, 0.4) is 0 Å². The lowest BCUT2D eigenvalue weighted by atomic mass is 10.1. The molecule has 0 radical (unpaired) electrons. The molecule has 86 valence electrons. The van der Waals surface area contributed by atoms with Crippen molar-refractivity contribution in [3.8, 4) is 0 Å². The third-order valence-electron chi connectivity index (χ3n) is 2.31. The third-order valence-corrected chi connectivity index (χ3v) is 2.31. The van der Waals surface area contributed by atoms with Gasteiger partial charge in [0.05, 0.1) is 19.1 Å². The van der Waals surface area contributed by atoms with Gasteiger partial charge in [-0.2, -0.15) is 0 Å². The SMILES string of the molecule is CCCC(O)CC(=O)NC1CCOC1=O. The summed E-state index contributed by atoms with van der Waals surface area (Å²) in [5, 5.41) is 11.9. The van der Waals surface area contributed by atoms with Gasteiger partial charge in [0.1, 0.15) is 6.04 Å². The molecule has 1 fully saturated rings. The smallest absolute Gasteiger partial charge is 0.328 e. The summed E-state index contributed by atoms with van der Waals surface area (Å²) >= 11 is 0. The molecule has 15 heavy (non-hydrogen) atoms. The number of carbonyl (C=O) groups is 2. The van der Waals surface area contributed by atoms with E-state index in [-0.39, 0.29) is 18.3 Å². The topological polar surface area (TPSA) is 75.6 Å². The molecule has 0 spiro atoms. The van der Waals surface area contributed by atoms with E-state index < -0.39 is 12.1 Å². The van der Waals surface area contributed by atoms with Crippen LogP contribution < -0.4 is 5.32 Å². The molecule has 5 nitrogen and oxygen atoms in total. The van der Waals surface area contributed by atoms with Gasteiger partial charge >= 0.3 is 5.97 Å². The number of rotatable bonds is 5. The van der Waals surface area contributed by atoms with E-state index in [2.05, 4.69) is 5.32 Å². The largest absolute Gasteiger partial charge is 0.464 e. The highest BCUT2D eigenvalue weighted by Crippen LogP contribution is 2.07. The molecule has 2 atom stereocenters. The molecule has 0 aliphatic carbocycles. The number of amides is 1. The highest BCUT2D eigenvalue weighted by Gasteiger charge is 2.28. The molecule has 0 aromatic heterocycles. The first-order valence-corrected chi connectivity index (χ1v) is 5.27. The quantitative estimate of drug-likeness (QED) is 0.631. The lowest BCUT2D eigenvalue weighted by molar-refractivity contribution is -0.141. The number of cyclic esters (lactones) is 1. The summed E-state index contributed by atoms with van der Waals surface area (Å²) in [7, 11) is 0. The first kappa shape index (κ1) is 12.0. The average molecular weight is 215 g/mol. The number of hydrogen-bond donors (Lipinski definition) is 2. The molecule has 0 aromatic rings. The molecule has 2 N–H and O–H groups in total. The van der Waals surface area contributed by atoms with Crippen LogP contribution in [0, 0.1) is 0 Å². The number of esters is 1. The molecule has 1 saturated heterocycles. The maximum absolute atomic E-state index is 11.4. The summed E-state index contributed by atoms with van der Waals surface area (Å²) in [6.45, 7) is 2.30. The number of aliphatic hydroxyl groups is 1. The Balaban J connectivity index is 2.26. The van der Waals surface area contributed by atoms with Gasteiger partial charge in [0.15, 0.2) is 0 Å². The summed E-state index contributed by atoms with van der Waals surface area (Å²) < 4.78 is 4.70. The summed E-state index contributed by atoms with van der Waals surface area (Å²) in [6.07, 6.45) is 1.39. The fraction of sp³-hybridized carbons (Fsp3) is 0.800. The van der Waals surface area contributed by atoms with Crippen molar-refractivity contribution in [1.82, 2.24) is 5.32 Å². The van der Waals surface area contributed by atoms with Gasteiger partial charge in [0.25, 0.3) is 0 Å². The van der Waals surface area contributed by atoms with Gasteiger partial charge in [-0.25, -0.2) is 4.79 Å². The zero-order valence-corrected chi connectivity index (χ0v) is 8.86. The molecular weight excluding hydrogens is 198 g/mol. The predicted molar refractivity (Wildman–Crippen MR) is 53.0 cm³/mol. The second-order valence-electron chi connectivity index (χ2n) is 3.72. The molecule has 0 saturated carbocycles. The lowest BCUT2D eigenvalue weighted by Gasteiger charge is -2.11. The standard InChI is InChI=1S/C10H17NO4/c1-2-3-7(12)6-9(13)11-8-4-5-15-10(8)14/h7-8,12H,2-6H2,1H3,(H,11,13). The minimum Gasteiger partial charge on any atom is -0.464 e. The van der Waals surface area contributed by atoms with Crippen molar-refractivity contribution in [3.05, 3.63) is 0 Å². The lowest BCUT2D eigenvalue weighted by Crippen LogP contribution is -2.39. The van der Waals surface area contributed by atoms with E-state index >= 15 is 0 Å². The Morgan fingerprint density at radius 3 is 3.00 bits per heavy atom. The van der Waals surface area contributed by atoms with Crippen molar-refractivity contribution in [3.63, 3.8) is 0 Å². The molecule has 1 rings (SSSR count). The van der Waals surface area contributed by atoms with Crippen LogP contribution in [-0.2, 0) is 14.3 Å². The maximum Gasteiger partial charge on any atom is 0.328 e. The van der Waals surface area contributed by atoms with E-state index in [1.165, 1.54) is 0 Å². The summed E-state index contributed by atoms with van der Waals surface area (Å²) in [6, 6.07) is -0.522. The number of carbonyl (C=O) groups excluding carboxylic acids is 2. The Bertz CT molecular complexity index is 242. The van der Waals surface area contributed by atoms with Crippen LogP contribution >= 0.6 is 0 Å². The Morgan fingerprint density at radius 1 is 1.73 bits per heavy atom. The molecule has 1 aliphatic heterocycles. The van der Waals surface area contributed by atoms with Gasteiger partial charge in [-0.3, -0.25) is 4.79 Å². The van der Waals surface area contributed by atoms with Gasteiger partial charge in [-0.1, -0.05) is 13.3 Å². The normalized spacial score (nSPS) is 22.3. The number of aliphatic hydroxyl groups excluding tert-OH is 1. The van der Waals surface area contributed by atoms with Crippen LogP contribution in [0.15, 0.2) is 0 Å². The zero-order chi connectivity index (χ0) is 11.3. The van der Waals surface area contributed by atoms with Crippen molar-refractivity contribution in [1.29, 1.82) is 0 Å². The van der Waals surface area contributed by atoms with E-state index in [0.29, 0.717) is 19.4 Å². The van der Waals surface area contributed by atoms with Gasteiger partial charge in [-0.15, -0.1) is 0 Å². The van der Waals surface area contributed by atoms with Crippen LogP contribution in [0.1, 0.15) is 32.6 Å². The summed E-state index contributed by atoms with van der Waals surface area (Å²) in [5.41, 5.74) is 0. The van der Waals surface area contributed by atoms with E-state index in [9.17, 15) is 14.7 Å². The van der Waals surface area contributed by atoms with Crippen molar-refractivity contribution in [2.75, 3.05) is 6.61 Å². The molecule has 1 heterocycles. The molecule has 2 unspecified atom stereocenters.